The van der Waals surface area contributed by atoms with Crippen LogP contribution in [0, 0.1) is 5.92 Å². The number of aromatic nitrogens is 3. The molecule has 110 valence electrons. The van der Waals surface area contributed by atoms with Crippen LogP contribution in [0.5, 0.6) is 0 Å². The molecule has 0 saturated heterocycles. The number of pyridine rings is 1. The maximum absolute atomic E-state index is 10.0. The van der Waals surface area contributed by atoms with Crippen LogP contribution < -0.4 is 5.73 Å². The van der Waals surface area contributed by atoms with E-state index in [0.29, 0.717) is 23.1 Å². The molecule has 5 nitrogen and oxygen atoms in total. The van der Waals surface area contributed by atoms with Crippen molar-refractivity contribution < 1.29 is 5.11 Å². The van der Waals surface area contributed by atoms with Crippen LogP contribution >= 0.6 is 0 Å². The number of imidazole rings is 1. The van der Waals surface area contributed by atoms with Crippen LogP contribution in [-0.2, 0) is 6.54 Å². The van der Waals surface area contributed by atoms with Crippen molar-refractivity contribution in [2.75, 3.05) is 5.73 Å². The molecule has 0 radical (unpaired) electrons. The fraction of sp³-hybridized carbons (Fsp3) is 0.375. The minimum atomic E-state index is -0.644. The van der Waals surface area contributed by atoms with E-state index in [-0.39, 0.29) is 0 Å². The lowest BCUT2D eigenvalue weighted by Crippen LogP contribution is -2.11. The quantitative estimate of drug-likeness (QED) is 0.775. The van der Waals surface area contributed by atoms with Crippen molar-refractivity contribution in [3.05, 3.63) is 30.1 Å². The van der Waals surface area contributed by atoms with Gasteiger partial charge >= 0.3 is 0 Å². The van der Waals surface area contributed by atoms with Crippen LogP contribution in [0.1, 0.15) is 32.7 Å². The Bertz CT molecular complexity index is 805. The number of fused-ring (bicyclic) bond motifs is 3. The highest BCUT2D eigenvalue weighted by Gasteiger charge is 2.20. The topological polar surface area (TPSA) is 77.0 Å². The zero-order chi connectivity index (χ0) is 15.1. The van der Waals surface area contributed by atoms with Crippen molar-refractivity contribution in [2.45, 2.75) is 33.4 Å². The molecule has 21 heavy (non-hydrogen) atoms. The van der Waals surface area contributed by atoms with Gasteiger partial charge in [-0.25, -0.2) is 9.97 Å². The number of aliphatic hydroxyl groups excluding tert-OH is 1. The van der Waals surface area contributed by atoms with Gasteiger partial charge in [0, 0.05) is 11.9 Å². The maximum Gasteiger partial charge on any atom is 0.152 e. The molecule has 0 bridgehead atoms. The summed E-state index contributed by atoms with van der Waals surface area (Å²) in [6.07, 6.45) is -0.644. The maximum atomic E-state index is 10.0. The van der Waals surface area contributed by atoms with E-state index in [1.807, 2.05) is 24.3 Å². The van der Waals surface area contributed by atoms with Crippen molar-refractivity contribution in [1.29, 1.82) is 0 Å². The highest BCUT2D eigenvalue weighted by Crippen LogP contribution is 2.31. The number of anilines is 1. The predicted molar refractivity (Wildman–Crippen MR) is 84.9 cm³/mol. The van der Waals surface area contributed by atoms with Gasteiger partial charge in [-0.15, -0.1) is 0 Å². The van der Waals surface area contributed by atoms with Crippen molar-refractivity contribution >= 4 is 27.8 Å². The van der Waals surface area contributed by atoms with Gasteiger partial charge in [-0.2, -0.15) is 0 Å². The summed E-state index contributed by atoms with van der Waals surface area (Å²) in [6, 6.07) is 7.89. The highest BCUT2D eigenvalue weighted by atomic mass is 16.3. The molecule has 0 aliphatic carbocycles. The van der Waals surface area contributed by atoms with Crippen LogP contribution in [0.15, 0.2) is 24.3 Å². The number of benzene rings is 1. The summed E-state index contributed by atoms with van der Waals surface area (Å²) < 4.78 is 2.07. The fourth-order valence-electron chi connectivity index (χ4n) is 2.74. The molecule has 0 amide bonds. The Hall–Kier alpha value is -2.14. The second-order valence-electron chi connectivity index (χ2n) is 5.86. The molecule has 2 heterocycles. The first-order valence-corrected chi connectivity index (χ1v) is 7.21. The predicted octanol–water partition coefficient (Wildman–Crippen LogP) is 2.88. The Morgan fingerprint density at radius 1 is 1.19 bits per heavy atom. The van der Waals surface area contributed by atoms with E-state index < -0.39 is 6.10 Å². The third-order valence-electron chi connectivity index (χ3n) is 3.56. The number of rotatable bonds is 3. The molecule has 1 aromatic carbocycles. The minimum Gasteiger partial charge on any atom is -0.385 e. The highest BCUT2D eigenvalue weighted by molar-refractivity contribution is 6.06. The number of hydrogen-bond acceptors (Lipinski definition) is 4. The van der Waals surface area contributed by atoms with Gasteiger partial charge in [-0.3, -0.25) is 0 Å². The van der Waals surface area contributed by atoms with Crippen LogP contribution in [0.3, 0.4) is 0 Å². The number of para-hydroxylation sites is 1. The summed E-state index contributed by atoms with van der Waals surface area (Å²) in [5, 5.41) is 11.1. The van der Waals surface area contributed by atoms with Gasteiger partial charge in [-0.1, -0.05) is 32.0 Å². The number of hydrogen-bond donors (Lipinski definition) is 2. The molecule has 3 aromatic rings. The van der Waals surface area contributed by atoms with E-state index in [1.165, 1.54) is 0 Å². The van der Waals surface area contributed by atoms with E-state index in [4.69, 9.17) is 5.73 Å². The van der Waals surface area contributed by atoms with E-state index in [2.05, 4.69) is 28.4 Å². The van der Waals surface area contributed by atoms with Crippen molar-refractivity contribution in [3.8, 4) is 0 Å². The standard InChI is InChI=1S/C16H20N4O/c1-9(2)8-20-14-11-6-4-5-7-12(11)18-15(17)13(14)19-16(20)10(3)21/h4-7,9-10,21H,8H2,1-3H3,(H2,17,18). The number of nitrogen functional groups attached to an aromatic ring is 1. The van der Waals surface area contributed by atoms with Gasteiger partial charge in [0.25, 0.3) is 0 Å². The second-order valence-corrected chi connectivity index (χ2v) is 5.86. The first-order chi connectivity index (χ1) is 9.99. The Balaban J connectivity index is 2.45. The van der Waals surface area contributed by atoms with Gasteiger partial charge in [-0.05, 0) is 18.9 Å². The molecule has 1 atom stereocenters. The molecule has 2 aromatic heterocycles. The number of nitrogens with two attached hydrogens (primary N) is 1. The van der Waals surface area contributed by atoms with Crippen molar-refractivity contribution in [2.24, 2.45) is 5.92 Å². The van der Waals surface area contributed by atoms with E-state index in [1.54, 1.807) is 6.92 Å². The summed E-state index contributed by atoms with van der Waals surface area (Å²) in [4.78, 5) is 8.96. The molecule has 0 aliphatic heterocycles. The lowest BCUT2D eigenvalue weighted by atomic mass is 10.1. The van der Waals surface area contributed by atoms with E-state index in [9.17, 15) is 5.11 Å². The lowest BCUT2D eigenvalue weighted by molar-refractivity contribution is 0.183. The minimum absolute atomic E-state index is 0.410. The summed E-state index contributed by atoms with van der Waals surface area (Å²) in [7, 11) is 0. The van der Waals surface area contributed by atoms with Gasteiger partial charge < -0.3 is 15.4 Å². The van der Waals surface area contributed by atoms with Crippen LogP contribution in [0.25, 0.3) is 21.9 Å². The summed E-state index contributed by atoms with van der Waals surface area (Å²) >= 11 is 0. The van der Waals surface area contributed by atoms with Crippen molar-refractivity contribution in [1.82, 2.24) is 14.5 Å². The smallest absolute Gasteiger partial charge is 0.152 e. The Morgan fingerprint density at radius 3 is 2.57 bits per heavy atom. The Labute approximate surface area is 123 Å². The Kier molecular flexibility index (Phi) is 3.29. The molecule has 5 heteroatoms. The molecule has 0 fully saturated rings. The zero-order valence-corrected chi connectivity index (χ0v) is 12.5. The van der Waals surface area contributed by atoms with Gasteiger partial charge in [0.15, 0.2) is 5.82 Å². The second kappa shape index (κ2) is 5.00. The SMILES string of the molecule is CC(C)Cn1c(C(C)O)nc2c(N)nc3ccccc3c21. The Morgan fingerprint density at radius 2 is 1.90 bits per heavy atom. The molecule has 3 rings (SSSR count). The molecular formula is C16H20N4O. The fourth-order valence-corrected chi connectivity index (χ4v) is 2.74. The van der Waals surface area contributed by atoms with E-state index >= 15 is 0 Å². The molecular weight excluding hydrogens is 264 g/mol. The summed E-state index contributed by atoms with van der Waals surface area (Å²) in [5.41, 5.74) is 8.55. The molecule has 0 spiro atoms. The zero-order valence-electron chi connectivity index (χ0n) is 12.5. The third-order valence-corrected chi connectivity index (χ3v) is 3.56. The van der Waals surface area contributed by atoms with Crippen LogP contribution in [0.2, 0.25) is 0 Å². The van der Waals surface area contributed by atoms with Crippen molar-refractivity contribution in [3.63, 3.8) is 0 Å². The first kappa shape index (κ1) is 13.8. The summed E-state index contributed by atoms with van der Waals surface area (Å²) in [6.45, 7) is 6.79. The average Bonchev–Trinajstić information content (AvgIpc) is 2.79. The number of aliphatic hydroxyl groups is 1. The summed E-state index contributed by atoms with van der Waals surface area (Å²) in [5.74, 6) is 1.49. The molecule has 1 unspecified atom stereocenters. The normalized spacial score (nSPS) is 13.4. The van der Waals surface area contributed by atoms with Gasteiger partial charge in [0.05, 0.1) is 11.0 Å². The average molecular weight is 284 g/mol. The van der Waals surface area contributed by atoms with Crippen LogP contribution in [-0.4, -0.2) is 19.6 Å². The molecule has 3 N–H and O–H groups in total. The van der Waals surface area contributed by atoms with Crippen LogP contribution in [0.4, 0.5) is 5.82 Å². The molecule has 0 aliphatic rings. The third kappa shape index (κ3) is 2.23. The first-order valence-electron chi connectivity index (χ1n) is 7.21. The van der Waals surface area contributed by atoms with Gasteiger partial charge in [0.2, 0.25) is 0 Å². The monoisotopic (exact) mass is 284 g/mol. The van der Waals surface area contributed by atoms with Gasteiger partial charge in [0.1, 0.15) is 17.4 Å². The largest absolute Gasteiger partial charge is 0.385 e. The van der Waals surface area contributed by atoms with E-state index in [0.717, 1.165) is 23.0 Å². The lowest BCUT2D eigenvalue weighted by Gasteiger charge is -2.14. The molecule has 0 saturated carbocycles. The number of nitrogens with zero attached hydrogens (tertiary/aromatic N) is 3.